The second-order valence-electron chi connectivity index (χ2n) is 7.96. The Kier molecular flexibility index (Phi) is 5.88. The monoisotopic (exact) mass is 397 g/mol. The molecule has 2 aliphatic rings. The van der Waals surface area contributed by atoms with E-state index in [2.05, 4.69) is 23.1 Å². The number of likely N-dealkylation sites (tertiary alicyclic amines) is 1. The van der Waals surface area contributed by atoms with Gasteiger partial charge in [-0.05, 0) is 78.9 Å². The first-order valence-corrected chi connectivity index (χ1v) is 11.6. The van der Waals surface area contributed by atoms with Crippen LogP contribution in [0.5, 0.6) is 0 Å². The molecule has 28 heavy (non-hydrogen) atoms. The Morgan fingerprint density at radius 1 is 1.04 bits per heavy atom. The normalized spacial score (nSPS) is 24.5. The van der Waals surface area contributed by atoms with Gasteiger partial charge in [0.1, 0.15) is 6.26 Å². The van der Waals surface area contributed by atoms with Gasteiger partial charge in [0, 0.05) is 23.9 Å². The zero-order valence-corrected chi connectivity index (χ0v) is 17.0. The van der Waals surface area contributed by atoms with Gasteiger partial charge in [0.2, 0.25) is 0 Å². The predicted octanol–water partition coefficient (Wildman–Crippen LogP) is 2.85. The second kappa shape index (κ2) is 8.37. The van der Waals surface area contributed by atoms with Gasteiger partial charge in [-0.3, -0.25) is 9.69 Å². The molecule has 2 aromatic carbocycles. The third-order valence-corrected chi connectivity index (χ3v) is 7.20. The van der Waals surface area contributed by atoms with Gasteiger partial charge in [-0.25, -0.2) is 0 Å². The second-order valence-corrected chi connectivity index (χ2v) is 9.34. The molecule has 3 atom stereocenters. The van der Waals surface area contributed by atoms with Crippen molar-refractivity contribution in [1.82, 2.24) is 4.90 Å². The summed E-state index contributed by atoms with van der Waals surface area (Å²) in [6, 6.07) is 15.7. The van der Waals surface area contributed by atoms with Crippen LogP contribution in [0.1, 0.15) is 34.3 Å². The maximum absolute atomic E-state index is 12.8. The number of ketones is 1. The van der Waals surface area contributed by atoms with Crippen molar-refractivity contribution >= 4 is 17.0 Å². The molecule has 1 heterocycles. The fourth-order valence-corrected chi connectivity index (χ4v) is 5.11. The van der Waals surface area contributed by atoms with Crippen LogP contribution in [0.3, 0.4) is 0 Å². The van der Waals surface area contributed by atoms with Crippen molar-refractivity contribution in [2.45, 2.75) is 42.7 Å². The van der Waals surface area contributed by atoms with Gasteiger partial charge in [-0.1, -0.05) is 24.3 Å². The molecule has 1 fully saturated rings. The number of aliphatic hydroxyl groups is 1. The van der Waals surface area contributed by atoms with Gasteiger partial charge in [-0.15, -0.1) is 0 Å². The summed E-state index contributed by atoms with van der Waals surface area (Å²) in [5.74, 6) is 0.213. The fraction of sp³-hybridized carbons (Fsp3) is 0.435. The molecule has 0 radical (unpaired) electrons. The van der Waals surface area contributed by atoms with E-state index in [9.17, 15) is 14.5 Å². The summed E-state index contributed by atoms with van der Waals surface area (Å²) in [6.45, 7) is 1.69. The Balaban J connectivity index is 1.37. The van der Waals surface area contributed by atoms with E-state index in [4.69, 9.17) is 0 Å². The Hall–Kier alpha value is -1.66. The highest BCUT2D eigenvalue weighted by atomic mass is 32.2. The molecule has 5 heteroatoms. The summed E-state index contributed by atoms with van der Waals surface area (Å²) < 4.78 is 11.5. The first kappa shape index (κ1) is 19.6. The Morgan fingerprint density at radius 2 is 1.64 bits per heavy atom. The summed E-state index contributed by atoms with van der Waals surface area (Å²) in [7, 11) is 0. The highest BCUT2D eigenvalue weighted by Crippen LogP contribution is 2.29. The molecule has 0 saturated carbocycles. The molecule has 1 saturated heterocycles. The number of carbonyl (C=O) groups is 1. The van der Waals surface area contributed by atoms with Crippen molar-refractivity contribution in [2.75, 3.05) is 19.3 Å². The third kappa shape index (κ3) is 4.03. The lowest BCUT2D eigenvalue weighted by atomic mass is 9.83. The van der Waals surface area contributed by atoms with Crippen LogP contribution in [0.2, 0.25) is 0 Å². The van der Waals surface area contributed by atoms with Gasteiger partial charge < -0.3 is 9.66 Å². The number of fused-ring (bicyclic) bond motifs is 1. The van der Waals surface area contributed by atoms with E-state index in [1.54, 1.807) is 30.5 Å². The number of rotatable bonds is 4. The summed E-state index contributed by atoms with van der Waals surface area (Å²) in [4.78, 5) is 16.0. The largest absolute Gasteiger partial charge is 0.612 e. The lowest BCUT2D eigenvalue weighted by Crippen LogP contribution is -2.51. The lowest BCUT2D eigenvalue weighted by Gasteiger charge is -2.41. The zero-order chi connectivity index (χ0) is 19.7. The topological polar surface area (TPSA) is 63.6 Å². The summed E-state index contributed by atoms with van der Waals surface area (Å²) in [5, 5.41) is 10.7. The number of hydrogen-bond donors (Lipinski definition) is 1. The molecule has 4 nitrogen and oxygen atoms in total. The zero-order valence-electron chi connectivity index (χ0n) is 16.2. The van der Waals surface area contributed by atoms with Crippen LogP contribution < -0.4 is 0 Å². The number of nitrogens with zero attached hydrogens (tertiary/aromatic N) is 1. The third-order valence-electron chi connectivity index (χ3n) is 6.26. The van der Waals surface area contributed by atoms with Crippen molar-refractivity contribution in [3.8, 4) is 0 Å². The van der Waals surface area contributed by atoms with Crippen molar-refractivity contribution in [3.63, 3.8) is 0 Å². The van der Waals surface area contributed by atoms with E-state index in [0.717, 1.165) is 37.2 Å². The molecule has 0 spiro atoms. The number of carbonyl (C=O) groups excluding carboxylic acids is 1. The van der Waals surface area contributed by atoms with Crippen LogP contribution in [0.15, 0.2) is 53.4 Å². The Morgan fingerprint density at radius 3 is 2.25 bits per heavy atom. The van der Waals surface area contributed by atoms with E-state index in [1.165, 1.54) is 11.1 Å². The van der Waals surface area contributed by atoms with Crippen LogP contribution >= 0.6 is 0 Å². The average Bonchev–Trinajstić information content (AvgIpc) is 2.73. The molecular weight excluding hydrogens is 370 g/mol. The van der Waals surface area contributed by atoms with E-state index < -0.39 is 11.2 Å². The van der Waals surface area contributed by atoms with E-state index in [0.29, 0.717) is 12.0 Å². The molecular formula is C23H27NO3S. The van der Waals surface area contributed by atoms with Gasteiger partial charge in [0.05, 0.1) is 6.10 Å². The molecule has 1 N–H and O–H groups in total. The molecule has 1 unspecified atom stereocenters. The van der Waals surface area contributed by atoms with Crippen molar-refractivity contribution in [1.29, 1.82) is 0 Å². The van der Waals surface area contributed by atoms with Crippen LogP contribution in [0.4, 0.5) is 0 Å². The molecule has 0 aromatic heterocycles. The highest BCUT2D eigenvalue weighted by Gasteiger charge is 2.35. The van der Waals surface area contributed by atoms with Crippen molar-refractivity contribution in [3.05, 3.63) is 65.2 Å². The summed E-state index contributed by atoms with van der Waals surface area (Å²) >= 11 is -1.02. The van der Waals surface area contributed by atoms with Crippen LogP contribution in [0.25, 0.3) is 0 Å². The SMILES string of the molecule is C[S+]([O-])c1ccc(C(=O)C2CCN([C@@H]3Cc4ccccc4C[C@H]3O)CC2)cc1. The lowest BCUT2D eigenvalue weighted by molar-refractivity contribution is 0.0239. The molecule has 4 rings (SSSR count). The summed E-state index contributed by atoms with van der Waals surface area (Å²) in [5.41, 5.74) is 3.30. The number of piperidine rings is 1. The maximum Gasteiger partial charge on any atom is 0.166 e. The van der Waals surface area contributed by atoms with E-state index >= 15 is 0 Å². The smallest absolute Gasteiger partial charge is 0.166 e. The first-order valence-electron chi connectivity index (χ1n) is 9.99. The molecule has 0 amide bonds. The van der Waals surface area contributed by atoms with Gasteiger partial charge >= 0.3 is 0 Å². The molecule has 2 aromatic rings. The van der Waals surface area contributed by atoms with Gasteiger partial charge in [0.25, 0.3) is 0 Å². The minimum absolute atomic E-state index is 0.0299. The first-order chi connectivity index (χ1) is 13.5. The minimum atomic E-state index is -1.02. The average molecular weight is 398 g/mol. The van der Waals surface area contributed by atoms with Crippen LogP contribution in [-0.2, 0) is 24.0 Å². The maximum atomic E-state index is 12.8. The van der Waals surface area contributed by atoms with Crippen LogP contribution in [-0.4, -0.2) is 51.8 Å². The minimum Gasteiger partial charge on any atom is -0.612 e. The fourth-order valence-electron chi connectivity index (χ4n) is 4.59. The molecule has 1 aliphatic heterocycles. The number of benzene rings is 2. The predicted molar refractivity (Wildman–Crippen MR) is 111 cm³/mol. The van der Waals surface area contributed by atoms with Gasteiger partial charge in [0.15, 0.2) is 10.7 Å². The highest BCUT2D eigenvalue weighted by molar-refractivity contribution is 7.90. The number of Topliss-reactive ketones (excluding diaryl/α,β-unsaturated/α-hetero) is 1. The molecule has 0 bridgehead atoms. The van der Waals surface area contributed by atoms with Crippen molar-refractivity contribution in [2.24, 2.45) is 5.92 Å². The standard InChI is InChI=1S/C23H27NO3S/c1-28(27)20-8-6-16(7-9-20)23(26)17-10-12-24(13-11-17)21-14-18-4-2-3-5-19(18)15-22(21)25/h2-9,17,21-22,25H,10-15H2,1H3/t21-,22-,28?/m1/s1. The number of aliphatic hydroxyl groups excluding tert-OH is 1. The Labute approximate surface area is 169 Å². The number of hydrogen-bond acceptors (Lipinski definition) is 4. The van der Waals surface area contributed by atoms with Gasteiger partial charge in [-0.2, -0.15) is 0 Å². The van der Waals surface area contributed by atoms with E-state index in [1.807, 2.05) is 6.07 Å². The van der Waals surface area contributed by atoms with Crippen molar-refractivity contribution < 1.29 is 14.5 Å². The molecule has 148 valence electrons. The van der Waals surface area contributed by atoms with E-state index in [-0.39, 0.29) is 23.8 Å². The molecule has 1 aliphatic carbocycles. The quantitative estimate of drug-likeness (QED) is 0.637. The summed E-state index contributed by atoms with van der Waals surface area (Å²) in [6.07, 6.45) is 4.54. The Bertz CT molecular complexity index is 828. The van der Waals surface area contributed by atoms with Crippen LogP contribution in [0, 0.1) is 5.92 Å².